The molecule has 0 spiro atoms. The van der Waals surface area contributed by atoms with Gasteiger partial charge in [-0.1, -0.05) is 6.92 Å². The predicted octanol–water partition coefficient (Wildman–Crippen LogP) is 1.24. The molecule has 3 nitrogen and oxygen atoms in total. The molecule has 0 radical (unpaired) electrons. The number of aryl methyl sites for hydroxylation is 2. The molecule has 1 N–H and O–H groups in total. The van der Waals surface area contributed by atoms with Gasteiger partial charge in [0.1, 0.15) is 5.82 Å². The molecule has 0 fully saturated rings. The molecule has 0 unspecified atom stereocenters. The molecule has 12 heavy (non-hydrogen) atoms. The first-order chi connectivity index (χ1) is 5.83. The Morgan fingerprint density at radius 3 is 3.17 bits per heavy atom. The van der Waals surface area contributed by atoms with Crippen LogP contribution in [0.4, 0.5) is 0 Å². The standard InChI is InChI=1S/C9H15N3/c1-3-8-7(2)11-9-5-4-6-10-12(8)9/h10H,3-6H2,1-2H3. The molecule has 3 heteroatoms. The van der Waals surface area contributed by atoms with Crippen LogP contribution in [0.2, 0.25) is 0 Å². The average molecular weight is 165 g/mol. The van der Waals surface area contributed by atoms with Gasteiger partial charge < -0.3 is 5.43 Å². The van der Waals surface area contributed by atoms with Crippen molar-refractivity contribution < 1.29 is 0 Å². The molecule has 1 aromatic heterocycles. The molecule has 1 aliphatic rings. The summed E-state index contributed by atoms with van der Waals surface area (Å²) in [6.45, 7) is 5.34. The van der Waals surface area contributed by atoms with Crippen molar-refractivity contribution >= 4 is 0 Å². The van der Waals surface area contributed by atoms with Crippen LogP contribution in [0.15, 0.2) is 0 Å². The van der Waals surface area contributed by atoms with Gasteiger partial charge in [0.25, 0.3) is 0 Å². The van der Waals surface area contributed by atoms with Crippen LogP contribution in [0.5, 0.6) is 0 Å². The third kappa shape index (κ3) is 1.00. The SMILES string of the molecule is CCc1c(C)nc2n1NCCC2. The van der Waals surface area contributed by atoms with Crippen LogP contribution < -0.4 is 5.43 Å². The highest BCUT2D eigenvalue weighted by Gasteiger charge is 2.15. The zero-order valence-corrected chi connectivity index (χ0v) is 7.72. The van der Waals surface area contributed by atoms with Crippen LogP contribution in [0.1, 0.15) is 30.6 Å². The van der Waals surface area contributed by atoms with E-state index in [0.29, 0.717) is 0 Å². The first-order valence-corrected chi connectivity index (χ1v) is 4.64. The molecular weight excluding hydrogens is 150 g/mol. The van der Waals surface area contributed by atoms with Gasteiger partial charge in [0.15, 0.2) is 0 Å². The van der Waals surface area contributed by atoms with Gasteiger partial charge in [0, 0.05) is 13.0 Å². The van der Waals surface area contributed by atoms with Gasteiger partial charge >= 0.3 is 0 Å². The van der Waals surface area contributed by atoms with E-state index in [2.05, 4.69) is 28.9 Å². The molecule has 0 atom stereocenters. The molecule has 2 rings (SSSR count). The normalized spacial score (nSPS) is 15.5. The maximum atomic E-state index is 4.52. The van der Waals surface area contributed by atoms with Gasteiger partial charge in [-0.2, -0.15) is 0 Å². The Balaban J connectivity index is 2.46. The van der Waals surface area contributed by atoms with Crippen LogP contribution in [0.3, 0.4) is 0 Å². The molecule has 1 aliphatic heterocycles. The summed E-state index contributed by atoms with van der Waals surface area (Å²) in [6.07, 6.45) is 3.39. The quantitative estimate of drug-likeness (QED) is 0.678. The van der Waals surface area contributed by atoms with Crippen LogP contribution >= 0.6 is 0 Å². The minimum absolute atomic E-state index is 1.06. The largest absolute Gasteiger partial charge is 0.324 e. The smallest absolute Gasteiger partial charge is 0.127 e. The molecule has 0 aliphatic carbocycles. The highest BCUT2D eigenvalue weighted by molar-refractivity contribution is 5.19. The summed E-state index contributed by atoms with van der Waals surface area (Å²) in [5.74, 6) is 1.20. The van der Waals surface area contributed by atoms with Crippen molar-refractivity contribution in [3.8, 4) is 0 Å². The van der Waals surface area contributed by atoms with E-state index in [1.165, 1.54) is 23.6 Å². The number of rotatable bonds is 1. The van der Waals surface area contributed by atoms with E-state index in [-0.39, 0.29) is 0 Å². The molecule has 0 saturated heterocycles. The van der Waals surface area contributed by atoms with Crippen molar-refractivity contribution in [3.05, 3.63) is 17.2 Å². The van der Waals surface area contributed by atoms with Crippen LogP contribution in [0, 0.1) is 6.92 Å². The summed E-state index contributed by atoms with van der Waals surface area (Å²) >= 11 is 0. The zero-order chi connectivity index (χ0) is 8.55. The molecule has 1 aromatic rings. The zero-order valence-electron chi connectivity index (χ0n) is 7.72. The van der Waals surface area contributed by atoms with Gasteiger partial charge in [-0.05, 0) is 19.8 Å². The summed E-state index contributed by atoms with van der Waals surface area (Å²) in [5.41, 5.74) is 5.88. The summed E-state index contributed by atoms with van der Waals surface area (Å²) < 4.78 is 2.17. The lowest BCUT2D eigenvalue weighted by Crippen LogP contribution is -2.26. The van der Waals surface area contributed by atoms with Crippen molar-refractivity contribution in [2.45, 2.75) is 33.1 Å². The van der Waals surface area contributed by atoms with Gasteiger partial charge in [0.05, 0.1) is 11.4 Å². The Labute approximate surface area is 72.8 Å². The molecule has 0 aromatic carbocycles. The van der Waals surface area contributed by atoms with E-state index >= 15 is 0 Å². The molecule has 0 amide bonds. The fourth-order valence-corrected chi connectivity index (χ4v) is 1.83. The Kier molecular flexibility index (Phi) is 1.79. The van der Waals surface area contributed by atoms with Gasteiger partial charge in [-0.15, -0.1) is 0 Å². The van der Waals surface area contributed by atoms with Crippen LogP contribution in [-0.4, -0.2) is 16.2 Å². The highest BCUT2D eigenvalue weighted by Crippen LogP contribution is 2.14. The molecule has 0 saturated carbocycles. The molecular formula is C9H15N3. The minimum Gasteiger partial charge on any atom is -0.324 e. The number of aromatic nitrogens is 2. The second-order valence-electron chi connectivity index (χ2n) is 3.26. The monoisotopic (exact) mass is 165 g/mol. The lowest BCUT2D eigenvalue weighted by molar-refractivity contribution is 0.631. The number of nitrogens with one attached hydrogen (secondary N) is 1. The number of hydrogen-bond donors (Lipinski definition) is 1. The molecule has 66 valence electrons. The summed E-state index contributed by atoms with van der Waals surface area (Å²) in [5, 5.41) is 0. The lowest BCUT2D eigenvalue weighted by atomic mass is 10.2. The van der Waals surface area contributed by atoms with Crippen molar-refractivity contribution in [2.24, 2.45) is 0 Å². The second kappa shape index (κ2) is 2.81. The fourth-order valence-electron chi connectivity index (χ4n) is 1.83. The van der Waals surface area contributed by atoms with E-state index in [4.69, 9.17) is 0 Å². The van der Waals surface area contributed by atoms with E-state index in [9.17, 15) is 0 Å². The third-order valence-corrected chi connectivity index (χ3v) is 2.42. The minimum atomic E-state index is 1.06. The number of imidazole rings is 1. The Hall–Kier alpha value is -0.990. The topological polar surface area (TPSA) is 29.9 Å². The number of nitrogens with zero attached hydrogens (tertiary/aromatic N) is 2. The number of hydrogen-bond acceptors (Lipinski definition) is 2. The summed E-state index contributed by atoms with van der Waals surface area (Å²) in [6, 6.07) is 0. The van der Waals surface area contributed by atoms with Gasteiger partial charge in [0.2, 0.25) is 0 Å². The van der Waals surface area contributed by atoms with Crippen molar-refractivity contribution in [1.82, 2.24) is 9.66 Å². The second-order valence-corrected chi connectivity index (χ2v) is 3.26. The van der Waals surface area contributed by atoms with E-state index < -0.39 is 0 Å². The van der Waals surface area contributed by atoms with Crippen LogP contribution in [0.25, 0.3) is 0 Å². The van der Waals surface area contributed by atoms with E-state index in [1.807, 2.05) is 0 Å². The highest BCUT2D eigenvalue weighted by atomic mass is 15.4. The van der Waals surface area contributed by atoms with E-state index in [0.717, 1.165) is 19.4 Å². The van der Waals surface area contributed by atoms with Gasteiger partial charge in [-0.25, -0.2) is 9.66 Å². The third-order valence-electron chi connectivity index (χ3n) is 2.42. The Bertz CT molecular complexity index is 288. The lowest BCUT2D eigenvalue weighted by Gasteiger charge is -2.18. The van der Waals surface area contributed by atoms with Crippen molar-refractivity contribution in [3.63, 3.8) is 0 Å². The first kappa shape index (κ1) is 7.65. The average Bonchev–Trinajstić information content (AvgIpc) is 2.40. The number of fused-ring (bicyclic) bond motifs is 1. The molecule has 0 bridgehead atoms. The predicted molar refractivity (Wildman–Crippen MR) is 48.9 cm³/mol. The van der Waals surface area contributed by atoms with Crippen molar-refractivity contribution in [2.75, 3.05) is 12.0 Å². The fraction of sp³-hybridized carbons (Fsp3) is 0.667. The summed E-state index contributed by atoms with van der Waals surface area (Å²) in [4.78, 5) is 4.52. The Morgan fingerprint density at radius 1 is 1.58 bits per heavy atom. The van der Waals surface area contributed by atoms with Crippen LogP contribution in [-0.2, 0) is 12.8 Å². The van der Waals surface area contributed by atoms with Gasteiger partial charge in [-0.3, -0.25) is 0 Å². The molecule has 2 heterocycles. The Morgan fingerprint density at radius 2 is 2.42 bits per heavy atom. The maximum absolute atomic E-state index is 4.52. The maximum Gasteiger partial charge on any atom is 0.127 e. The summed E-state index contributed by atoms with van der Waals surface area (Å²) in [7, 11) is 0. The van der Waals surface area contributed by atoms with E-state index in [1.54, 1.807) is 0 Å². The first-order valence-electron chi connectivity index (χ1n) is 4.64. The van der Waals surface area contributed by atoms with Crippen molar-refractivity contribution in [1.29, 1.82) is 0 Å².